The van der Waals surface area contributed by atoms with E-state index in [-0.39, 0.29) is 65.4 Å². The van der Waals surface area contributed by atoms with Gasteiger partial charge in [0.15, 0.2) is 0 Å². The number of nitrogens with zero attached hydrogens (tertiary/aromatic N) is 2. The number of aromatic amines is 1. The fourth-order valence-electron chi connectivity index (χ4n) is 0.231. The van der Waals surface area contributed by atoms with Gasteiger partial charge in [0, 0.05) is 65.4 Å². The van der Waals surface area contributed by atoms with Gasteiger partial charge < -0.3 is 23.6 Å². The van der Waals surface area contributed by atoms with E-state index in [1.54, 1.807) is 6.92 Å². The molecule has 0 aliphatic carbocycles. The smallest absolute Gasteiger partial charge is 0 e. The standard InChI is InChI=1S/C3H4N3.C3H3.2Y/c1-3-2-4-6-5-3;1-3-2;;/h1H3,(H,4,5,6);1H3;;/q2*-1;;. The van der Waals surface area contributed by atoms with Gasteiger partial charge in [0.25, 0.3) is 0 Å². The zero-order chi connectivity index (χ0) is 7.11. The number of rotatable bonds is 0. The van der Waals surface area contributed by atoms with E-state index in [9.17, 15) is 0 Å². The Hall–Kier alpha value is 0.908. The van der Waals surface area contributed by atoms with Crippen LogP contribution in [0.2, 0.25) is 0 Å². The van der Waals surface area contributed by atoms with Gasteiger partial charge in [0.05, 0.1) is 0 Å². The van der Waals surface area contributed by atoms with Crippen LogP contribution < -0.4 is 0 Å². The fourth-order valence-corrected chi connectivity index (χ4v) is 0.231. The van der Waals surface area contributed by atoms with E-state index in [0.717, 1.165) is 5.69 Å². The van der Waals surface area contributed by atoms with Crippen molar-refractivity contribution in [3.05, 3.63) is 18.3 Å². The molecule has 0 aliphatic heterocycles. The second-order valence-electron chi connectivity index (χ2n) is 1.27. The number of aryl methyl sites for hydroxylation is 1. The molecule has 54 valence electrons. The van der Waals surface area contributed by atoms with E-state index >= 15 is 0 Å². The van der Waals surface area contributed by atoms with Crippen LogP contribution in [-0.4, -0.2) is 15.4 Å². The maximum atomic E-state index is 5.96. The van der Waals surface area contributed by atoms with Gasteiger partial charge in [-0.1, -0.05) is 6.92 Å². The van der Waals surface area contributed by atoms with Gasteiger partial charge in [-0.05, 0) is 6.92 Å². The van der Waals surface area contributed by atoms with Crippen molar-refractivity contribution in [1.29, 1.82) is 0 Å². The van der Waals surface area contributed by atoms with Crippen LogP contribution in [0.15, 0.2) is 0 Å². The minimum Gasteiger partial charge on any atom is -0.694 e. The third-order valence-corrected chi connectivity index (χ3v) is 0.485. The third kappa shape index (κ3) is 13.8. The molecule has 0 saturated carbocycles. The fraction of sp³-hybridized carbons (Fsp3) is 0.333. The van der Waals surface area contributed by atoms with Gasteiger partial charge in [-0.25, -0.2) is 10.3 Å². The van der Waals surface area contributed by atoms with Crippen LogP contribution in [0.3, 0.4) is 0 Å². The Morgan fingerprint density at radius 3 is 2.09 bits per heavy atom. The summed E-state index contributed by atoms with van der Waals surface area (Å²) < 4.78 is 0. The zero-order valence-electron chi connectivity index (χ0n) is 6.55. The molecular formula is C6H7N3Y2-2. The number of hydrogen-bond acceptors (Lipinski definition) is 2. The molecule has 0 atom stereocenters. The molecule has 1 aromatic heterocycles. The summed E-state index contributed by atoms with van der Waals surface area (Å²) in [6, 6.07) is 0. The summed E-state index contributed by atoms with van der Waals surface area (Å²) in [5.41, 5.74) is 0.801. The van der Waals surface area contributed by atoms with E-state index < -0.39 is 0 Å². The average molecular weight is 299 g/mol. The summed E-state index contributed by atoms with van der Waals surface area (Å²) >= 11 is 0. The van der Waals surface area contributed by atoms with E-state index in [1.807, 2.05) is 12.8 Å². The van der Waals surface area contributed by atoms with Crippen LogP contribution in [0.5, 0.6) is 0 Å². The first kappa shape index (κ1) is 17.9. The molecule has 3 nitrogen and oxygen atoms in total. The quantitative estimate of drug-likeness (QED) is 0.560. The Balaban J connectivity index is -0.000000116. The van der Waals surface area contributed by atoms with Crippen molar-refractivity contribution in [3.63, 3.8) is 0 Å². The van der Waals surface area contributed by atoms with E-state index in [4.69, 9.17) is 6.42 Å². The normalized spacial score (nSPS) is 5.55. The van der Waals surface area contributed by atoms with Crippen LogP contribution in [0, 0.1) is 25.5 Å². The van der Waals surface area contributed by atoms with Crippen LogP contribution in [0.1, 0.15) is 12.6 Å². The number of aromatic nitrogens is 3. The van der Waals surface area contributed by atoms with Crippen molar-refractivity contribution in [3.8, 4) is 5.92 Å². The van der Waals surface area contributed by atoms with Gasteiger partial charge in [0.2, 0.25) is 0 Å². The Kier molecular flexibility index (Phi) is 21.9. The summed E-state index contributed by atoms with van der Waals surface area (Å²) in [6.07, 6.45) is 8.54. The Morgan fingerprint density at radius 1 is 1.55 bits per heavy atom. The Bertz CT molecular complexity index is 178. The first-order valence-electron chi connectivity index (χ1n) is 2.39. The molecule has 1 aromatic rings. The van der Waals surface area contributed by atoms with Gasteiger partial charge in [-0.15, -0.1) is 5.69 Å². The largest absolute Gasteiger partial charge is 0.694 e. The predicted octanol–water partition coefficient (Wildman–Crippen LogP) is 0.504. The molecule has 0 saturated heterocycles. The molecule has 0 bridgehead atoms. The summed E-state index contributed by atoms with van der Waals surface area (Å²) in [6.45, 7) is 3.36. The molecular weight excluding hydrogens is 292 g/mol. The molecule has 0 fully saturated rings. The summed E-state index contributed by atoms with van der Waals surface area (Å²) in [5, 5.41) is 9.46. The number of hydrogen-bond donors (Lipinski definition) is 1. The van der Waals surface area contributed by atoms with E-state index in [0.29, 0.717) is 0 Å². The Morgan fingerprint density at radius 2 is 2.00 bits per heavy atom. The van der Waals surface area contributed by atoms with Crippen molar-refractivity contribution < 1.29 is 65.4 Å². The number of nitrogens with one attached hydrogen (secondary N) is 1. The SMILES string of the molecule is Cc1[c-]n[nH]n1.[C-]#CC.[Y].[Y]. The zero-order valence-corrected chi connectivity index (χ0v) is 12.2. The van der Waals surface area contributed by atoms with Crippen molar-refractivity contribution in [2.45, 2.75) is 13.8 Å². The topological polar surface area (TPSA) is 41.6 Å². The maximum Gasteiger partial charge on any atom is 0 e. The molecule has 5 heteroatoms. The summed E-state index contributed by atoms with van der Waals surface area (Å²) in [7, 11) is 0. The molecule has 0 spiro atoms. The average Bonchev–Trinajstić information content (AvgIpc) is 2.20. The van der Waals surface area contributed by atoms with Gasteiger partial charge in [0.1, 0.15) is 0 Å². The van der Waals surface area contributed by atoms with Crippen LogP contribution in [-0.2, 0) is 65.4 Å². The van der Waals surface area contributed by atoms with Crippen molar-refractivity contribution in [2.75, 3.05) is 0 Å². The molecule has 0 amide bonds. The van der Waals surface area contributed by atoms with Gasteiger partial charge in [-0.2, -0.15) is 0 Å². The maximum absolute atomic E-state index is 5.96. The van der Waals surface area contributed by atoms with Crippen LogP contribution in [0.25, 0.3) is 0 Å². The predicted molar refractivity (Wildman–Crippen MR) is 32.8 cm³/mol. The van der Waals surface area contributed by atoms with E-state index in [1.165, 1.54) is 0 Å². The van der Waals surface area contributed by atoms with E-state index in [2.05, 4.69) is 21.6 Å². The second kappa shape index (κ2) is 13.5. The molecule has 1 N–H and O–H groups in total. The first-order chi connectivity index (χ1) is 4.31. The van der Waals surface area contributed by atoms with Crippen molar-refractivity contribution in [1.82, 2.24) is 15.4 Å². The van der Waals surface area contributed by atoms with Gasteiger partial charge in [-0.3, -0.25) is 0 Å². The molecule has 0 aromatic carbocycles. The Labute approximate surface area is 117 Å². The first-order valence-corrected chi connectivity index (χ1v) is 2.39. The molecule has 1 rings (SSSR count). The molecule has 2 radical (unpaired) electrons. The van der Waals surface area contributed by atoms with Crippen molar-refractivity contribution >= 4 is 0 Å². The molecule has 0 aliphatic rings. The minimum atomic E-state index is 0. The summed E-state index contributed by atoms with van der Waals surface area (Å²) in [5.74, 6) is 2.00. The molecule has 0 unspecified atom stereocenters. The van der Waals surface area contributed by atoms with Crippen LogP contribution in [0.4, 0.5) is 0 Å². The van der Waals surface area contributed by atoms with Crippen molar-refractivity contribution in [2.24, 2.45) is 0 Å². The minimum absolute atomic E-state index is 0. The monoisotopic (exact) mass is 299 g/mol. The summed E-state index contributed by atoms with van der Waals surface area (Å²) in [4.78, 5) is 0. The molecule has 1 heterocycles. The van der Waals surface area contributed by atoms with Crippen LogP contribution >= 0.6 is 0 Å². The van der Waals surface area contributed by atoms with Gasteiger partial charge >= 0.3 is 0 Å². The third-order valence-electron chi connectivity index (χ3n) is 0.485. The second-order valence-corrected chi connectivity index (χ2v) is 1.27. The number of H-pyrrole nitrogens is 1. The molecule has 11 heavy (non-hydrogen) atoms.